The van der Waals surface area contributed by atoms with Crippen LogP contribution in [0, 0.1) is 0 Å². The van der Waals surface area contributed by atoms with Crippen LogP contribution in [0.3, 0.4) is 0 Å². The summed E-state index contributed by atoms with van der Waals surface area (Å²) in [7, 11) is 4.04. The van der Waals surface area contributed by atoms with Gasteiger partial charge in [0, 0.05) is 0 Å². The Hall–Kier alpha value is -0.410. The number of rotatable bonds is 3. The van der Waals surface area contributed by atoms with Gasteiger partial charge in [-0.1, -0.05) is 6.42 Å². The van der Waals surface area contributed by atoms with Gasteiger partial charge in [0.25, 0.3) is 0 Å². The van der Waals surface area contributed by atoms with Gasteiger partial charge in [-0.2, -0.15) is 0 Å². The van der Waals surface area contributed by atoms with Crippen LogP contribution in [-0.4, -0.2) is 42.9 Å². The Kier molecular flexibility index (Phi) is 2.62. The number of hydrogen-bond acceptors (Lipinski definition) is 3. The van der Waals surface area contributed by atoms with Crippen LogP contribution >= 0.6 is 0 Å². The van der Waals surface area contributed by atoms with E-state index >= 15 is 0 Å². The summed E-state index contributed by atoms with van der Waals surface area (Å²) in [6, 6.07) is 0.133. The molecule has 1 unspecified atom stereocenters. The predicted octanol–water partition coefficient (Wildman–Crippen LogP) is 0.792. The summed E-state index contributed by atoms with van der Waals surface area (Å²) >= 11 is 0. The highest BCUT2D eigenvalue weighted by Crippen LogP contribution is 2.42. The molecule has 1 heterocycles. The van der Waals surface area contributed by atoms with Crippen molar-refractivity contribution in [3.05, 3.63) is 0 Å². The van der Waals surface area contributed by atoms with Crippen molar-refractivity contribution in [1.29, 1.82) is 0 Å². The molecule has 80 valence electrons. The molecule has 1 aliphatic heterocycles. The number of likely N-dealkylation sites (N-methyl/N-ethyl adjacent to an activating group) is 1. The van der Waals surface area contributed by atoms with E-state index in [1.54, 1.807) is 0 Å². The highest BCUT2D eigenvalue weighted by atomic mass is 16.1. The summed E-state index contributed by atoms with van der Waals surface area (Å²) in [5.74, 6) is 0.433. The van der Waals surface area contributed by atoms with Crippen LogP contribution in [0.1, 0.15) is 32.1 Å². The lowest BCUT2D eigenvalue weighted by molar-refractivity contribution is -0.127. The zero-order chi connectivity index (χ0) is 10.2. The lowest BCUT2D eigenvalue weighted by atomic mass is 9.95. The zero-order valence-corrected chi connectivity index (χ0v) is 9.18. The maximum atomic E-state index is 12.2. The van der Waals surface area contributed by atoms with Crippen LogP contribution < -0.4 is 5.32 Å². The van der Waals surface area contributed by atoms with Gasteiger partial charge in [-0.3, -0.25) is 9.69 Å². The molecule has 0 aromatic rings. The minimum atomic E-state index is -0.102. The van der Waals surface area contributed by atoms with Gasteiger partial charge in [0.2, 0.25) is 0 Å². The maximum Gasteiger partial charge on any atom is 0.169 e. The molecule has 1 N–H and O–H groups in total. The monoisotopic (exact) mass is 196 g/mol. The number of Topliss-reactive ketones (excluding diaryl/α,β-unsaturated/α-hetero) is 1. The van der Waals surface area contributed by atoms with Crippen molar-refractivity contribution in [3.63, 3.8) is 0 Å². The fourth-order valence-corrected chi connectivity index (χ4v) is 2.43. The molecule has 0 spiro atoms. The van der Waals surface area contributed by atoms with E-state index in [1.807, 2.05) is 14.1 Å². The molecule has 1 atom stereocenters. The molecule has 2 fully saturated rings. The number of carbonyl (C=O) groups is 1. The van der Waals surface area contributed by atoms with E-state index in [0.29, 0.717) is 5.78 Å². The van der Waals surface area contributed by atoms with Crippen LogP contribution in [0.4, 0.5) is 0 Å². The smallest absolute Gasteiger partial charge is 0.169 e. The van der Waals surface area contributed by atoms with E-state index in [1.165, 1.54) is 12.8 Å². The number of hydrogen-bond donors (Lipinski definition) is 1. The second-order valence-corrected chi connectivity index (χ2v) is 4.79. The average molecular weight is 196 g/mol. The predicted molar refractivity (Wildman–Crippen MR) is 56.3 cm³/mol. The first-order valence-corrected chi connectivity index (χ1v) is 5.62. The summed E-state index contributed by atoms with van der Waals surface area (Å²) in [6.07, 6.45) is 5.56. The Labute approximate surface area is 85.8 Å². The lowest BCUT2D eigenvalue weighted by Gasteiger charge is -2.30. The number of piperidine rings is 1. The van der Waals surface area contributed by atoms with Gasteiger partial charge >= 0.3 is 0 Å². The van der Waals surface area contributed by atoms with Gasteiger partial charge in [0.1, 0.15) is 0 Å². The minimum absolute atomic E-state index is 0.102. The van der Waals surface area contributed by atoms with Crippen molar-refractivity contribution in [3.8, 4) is 0 Å². The van der Waals surface area contributed by atoms with Gasteiger partial charge in [-0.25, -0.2) is 0 Å². The van der Waals surface area contributed by atoms with Gasteiger partial charge in [-0.15, -0.1) is 0 Å². The third-order valence-electron chi connectivity index (χ3n) is 3.67. The molecule has 2 rings (SSSR count). The summed E-state index contributed by atoms with van der Waals surface area (Å²) < 4.78 is 0. The molecule has 3 heteroatoms. The molecule has 1 saturated carbocycles. The molecule has 2 aliphatic rings. The van der Waals surface area contributed by atoms with Crippen LogP contribution in [0.5, 0.6) is 0 Å². The Bertz CT molecular complexity index is 227. The maximum absolute atomic E-state index is 12.2. The Morgan fingerprint density at radius 2 is 2.07 bits per heavy atom. The van der Waals surface area contributed by atoms with Crippen molar-refractivity contribution in [1.82, 2.24) is 10.2 Å². The van der Waals surface area contributed by atoms with Crippen molar-refractivity contribution < 1.29 is 4.79 Å². The van der Waals surface area contributed by atoms with E-state index in [-0.39, 0.29) is 11.6 Å². The molecule has 0 amide bonds. The second-order valence-electron chi connectivity index (χ2n) is 4.79. The minimum Gasteiger partial charge on any atom is -0.307 e. The van der Waals surface area contributed by atoms with Crippen LogP contribution in [0.25, 0.3) is 0 Å². The summed E-state index contributed by atoms with van der Waals surface area (Å²) in [4.78, 5) is 14.3. The normalized spacial score (nSPS) is 30.4. The van der Waals surface area contributed by atoms with E-state index in [9.17, 15) is 4.79 Å². The van der Waals surface area contributed by atoms with Gasteiger partial charge in [0.15, 0.2) is 5.78 Å². The molecule has 14 heavy (non-hydrogen) atoms. The molecular weight excluding hydrogens is 176 g/mol. The second kappa shape index (κ2) is 3.63. The SMILES string of the molecule is CN(C)C1(C(=O)C2CCCCN2)CC1. The number of nitrogens with zero attached hydrogens (tertiary/aromatic N) is 1. The van der Waals surface area contributed by atoms with E-state index in [0.717, 1.165) is 25.8 Å². The van der Waals surface area contributed by atoms with Gasteiger partial charge in [-0.05, 0) is 46.3 Å². The van der Waals surface area contributed by atoms with E-state index < -0.39 is 0 Å². The molecule has 0 bridgehead atoms. The molecule has 0 radical (unpaired) electrons. The number of carbonyl (C=O) groups excluding carboxylic acids is 1. The summed E-state index contributed by atoms with van der Waals surface area (Å²) in [5, 5.41) is 3.34. The summed E-state index contributed by atoms with van der Waals surface area (Å²) in [6.45, 7) is 1.01. The first kappa shape index (κ1) is 10.1. The quantitative estimate of drug-likeness (QED) is 0.724. The Morgan fingerprint density at radius 3 is 2.50 bits per heavy atom. The largest absolute Gasteiger partial charge is 0.307 e. The lowest BCUT2D eigenvalue weighted by Crippen LogP contribution is -2.51. The average Bonchev–Trinajstić information content (AvgIpc) is 2.99. The van der Waals surface area contributed by atoms with Crippen LogP contribution in [-0.2, 0) is 4.79 Å². The van der Waals surface area contributed by atoms with Crippen molar-refractivity contribution in [2.24, 2.45) is 0 Å². The number of ketones is 1. The molecule has 0 aromatic carbocycles. The highest BCUT2D eigenvalue weighted by molar-refractivity contribution is 5.95. The molecule has 0 aromatic heterocycles. The molecule has 1 aliphatic carbocycles. The van der Waals surface area contributed by atoms with Gasteiger partial charge < -0.3 is 5.32 Å². The van der Waals surface area contributed by atoms with Gasteiger partial charge in [0.05, 0.1) is 11.6 Å². The zero-order valence-electron chi connectivity index (χ0n) is 9.18. The summed E-state index contributed by atoms with van der Waals surface area (Å²) in [5.41, 5.74) is -0.102. The van der Waals surface area contributed by atoms with Crippen molar-refractivity contribution in [2.75, 3.05) is 20.6 Å². The third-order valence-corrected chi connectivity index (χ3v) is 3.67. The Balaban J connectivity index is 2.00. The van der Waals surface area contributed by atoms with E-state index in [4.69, 9.17) is 0 Å². The first-order valence-electron chi connectivity index (χ1n) is 5.62. The van der Waals surface area contributed by atoms with Crippen LogP contribution in [0.15, 0.2) is 0 Å². The topological polar surface area (TPSA) is 32.3 Å². The molecule has 3 nitrogen and oxygen atoms in total. The fourth-order valence-electron chi connectivity index (χ4n) is 2.43. The molecular formula is C11H20N2O. The van der Waals surface area contributed by atoms with Crippen molar-refractivity contribution in [2.45, 2.75) is 43.7 Å². The standard InChI is InChI=1S/C11H20N2O/c1-13(2)11(6-7-11)10(14)9-5-3-4-8-12-9/h9,12H,3-8H2,1-2H3. The third kappa shape index (κ3) is 1.59. The van der Waals surface area contributed by atoms with Crippen molar-refractivity contribution >= 4 is 5.78 Å². The molecule has 1 saturated heterocycles. The van der Waals surface area contributed by atoms with E-state index in [2.05, 4.69) is 10.2 Å². The fraction of sp³-hybridized carbons (Fsp3) is 0.909. The highest BCUT2D eigenvalue weighted by Gasteiger charge is 2.53. The first-order chi connectivity index (χ1) is 6.67. The van der Waals surface area contributed by atoms with Crippen LogP contribution in [0.2, 0.25) is 0 Å². The number of nitrogens with one attached hydrogen (secondary N) is 1. The Morgan fingerprint density at radius 1 is 1.36 bits per heavy atom.